The number of nitrogens with zero attached hydrogens (tertiary/aromatic N) is 3. The van der Waals surface area contributed by atoms with Crippen LogP contribution in [0.3, 0.4) is 0 Å². The van der Waals surface area contributed by atoms with Crippen LogP contribution in [-0.2, 0) is 4.74 Å². The predicted molar refractivity (Wildman–Crippen MR) is 148 cm³/mol. The van der Waals surface area contributed by atoms with Crippen molar-refractivity contribution in [3.8, 4) is 28.4 Å². The number of benzene rings is 3. The Labute approximate surface area is 225 Å². The number of anilines is 2. The lowest BCUT2D eigenvalue weighted by molar-refractivity contribution is 0.0985. The second-order valence-electron chi connectivity index (χ2n) is 8.80. The molecule has 194 valence electrons. The summed E-state index contributed by atoms with van der Waals surface area (Å²) in [4.78, 5) is 25.1. The van der Waals surface area contributed by atoms with Crippen LogP contribution in [-0.4, -0.2) is 48.1 Å². The van der Waals surface area contributed by atoms with E-state index in [2.05, 4.69) is 17.1 Å². The molecule has 0 bridgehead atoms. The number of morpholine rings is 1. The van der Waals surface area contributed by atoms with Gasteiger partial charge in [-0.25, -0.2) is 19.2 Å². The van der Waals surface area contributed by atoms with E-state index in [9.17, 15) is 9.18 Å². The Morgan fingerprint density at radius 3 is 2.61 bits per heavy atom. The lowest BCUT2D eigenvalue weighted by atomic mass is 10.1. The van der Waals surface area contributed by atoms with Gasteiger partial charge in [0.1, 0.15) is 17.4 Å². The van der Waals surface area contributed by atoms with E-state index in [4.69, 9.17) is 19.4 Å². The van der Waals surface area contributed by atoms with Gasteiger partial charge in [-0.2, -0.15) is 0 Å². The summed E-state index contributed by atoms with van der Waals surface area (Å²) in [6, 6.07) is 22.8. The Balaban J connectivity index is 1.46. The Morgan fingerprint density at radius 2 is 1.87 bits per heavy atom. The summed E-state index contributed by atoms with van der Waals surface area (Å²) < 4.78 is 25.2. The normalized spacial score (nSPS) is 15.2. The zero-order chi connectivity index (χ0) is 26.5. The molecule has 2 heterocycles. The molecule has 1 aliphatic heterocycles. The quantitative estimate of drug-likeness (QED) is 0.285. The van der Waals surface area contributed by atoms with E-state index in [1.165, 1.54) is 23.9 Å². The highest BCUT2D eigenvalue weighted by Gasteiger charge is 2.23. The van der Waals surface area contributed by atoms with Crippen LogP contribution in [0.25, 0.3) is 22.6 Å². The summed E-state index contributed by atoms with van der Waals surface area (Å²) >= 11 is 1.54. The SMILES string of the molecule is CSc1ccc(F)cc1-c1cc(N2CCOCC2C)nc(-c2ccc(NC(=O)Oc3ccccc3)cc2)n1. The van der Waals surface area contributed by atoms with Crippen molar-refractivity contribution in [1.29, 1.82) is 0 Å². The highest BCUT2D eigenvalue weighted by Crippen LogP contribution is 2.34. The fraction of sp³-hybridized carbons (Fsp3) is 0.207. The monoisotopic (exact) mass is 530 g/mol. The van der Waals surface area contributed by atoms with Crippen molar-refractivity contribution in [1.82, 2.24) is 9.97 Å². The first-order valence-corrected chi connectivity index (χ1v) is 13.4. The molecule has 7 nitrogen and oxygen atoms in total. The number of nitrogens with one attached hydrogen (secondary N) is 1. The number of halogens is 1. The lowest BCUT2D eigenvalue weighted by Gasteiger charge is -2.34. The number of carbonyl (C=O) groups is 1. The molecule has 1 aromatic heterocycles. The topological polar surface area (TPSA) is 76.6 Å². The van der Waals surface area contributed by atoms with E-state index in [0.29, 0.717) is 48.3 Å². The van der Waals surface area contributed by atoms with Gasteiger partial charge < -0.3 is 14.4 Å². The van der Waals surface area contributed by atoms with Gasteiger partial charge in [0.05, 0.1) is 24.9 Å². The summed E-state index contributed by atoms with van der Waals surface area (Å²) in [5.41, 5.74) is 2.69. The van der Waals surface area contributed by atoms with Gasteiger partial charge in [0.25, 0.3) is 0 Å². The number of hydrogen-bond acceptors (Lipinski definition) is 7. The van der Waals surface area contributed by atoms with Crippen molar-refractivity contribution < 1.29 is 18.7 Å². The van der Waals surface area contributed by atoms with Crippen molar-refractivity contribution in [2.75, 3.05) is 36.2 Å². The smallest absolute Gasteiger partial charge is 0.410 e. The van der Waals surface area contributed by atoms with Crippen LogP contribution in [0.4, 0.5) is 20.7 Å². The number of thioether (sulfide) groups is 1. The summed E-state index contributed by atoms with van der Waals surface area (Å²) in [5, 5.41) is 2.73. The molecule has 1 aliphatic rings. The molecule has 0 aliphatic carbocycles. The third-order valence-corrected chi connectivity index (χ3v) is 6.95. The van der Waals surface area contributed by atoms with Crippen LogP contribution in [0.15, 0.2) is 83.8 Å². The second-order valence-corrected chi connectivity index (χ2v) is 9.65. The van der Waals surface area contributed by atoms with Gasteiger partial charge in [0.15, 0.2) is 5.82 Å². The van der Waals surface area contributed by atoms with Crippen molar-refractivity contribution in [3.63, 3.8) is 0 Å². The molecule has 4 aromatic rings. The first-order valence-electron chi connectivity index (χ1n) is 12.2. The zero-order valence-electron chi connectivity index (χ0n) is 21.1. The fourth-order valence-electron chi connectivity index (χ4n) is 4.24. The minimum Gasteiger partial charge on any atom is -0.410 e. The Bertz CT molecular complexity index is 1420. The van der Waals surface area contributed by atoms with Gasteiger partial charge in [-0.05, 0) is 67.8 Å². The minimum absolute atomic E-state index is 0.133. The standard InChI is InChI=1S/C29H27FN4O3S/c1-19-18-36-15-14-34(19)27-17-25(24-16-21(30)10-13-26(24)38-2)32-28(33-27)20-8-11-22(12-9-20)31-29(35)37-23-6-4-3-5-7-23/h3-13,16-17,19H,14-15,18H2,1-2H3,(H,31,35). The highest BCUT2D eigenvalue weighted by molar-refractivity contribution is 7.98. The predicted octanol–water partition coefficient (Wildman–Crippen LogP) is 6.51. The maximum atomic E-state index is 14.3. The van der Waals surface area contributed by atoms with Crippen LogP contribution in [0.5, 0.6) is 5.75 Å². The van der Waals surface area contributed by atoms with Gasteiger partial charge in [-0.3, -0.25) is 5.32 Å². The van der Waals surface area contributed by atoms with Gasteiger partial charge in [-0.15, -0.1) is 11.8 Å². The summed E-state index contributed by atoms with van der Waals surface area (Å²) in [5.74, 6) is 1.40. The first kappa shape index (κ1) is 25.7. The van der Waals surface area contributed by atoms with Crippen molar-refractivity contribution >= 4 is 29.4 Å². The van der Waals surface area contributed by atoms with E-state index >= 15 is 0 Å². The molecule has 0 radical (unpaired) electrons. The lowest BCUT2D eigenvalue weighted by Crippen LogP contribution is -2.44. The molecule has 0 spiro atoms. The molecule has 1 amide bonds. The van der Waals surface area contributed by atoms with Crippen LogP contribution < -0.4 is 15.0 Å². The average Bonchev–Trinajstić information content (AvgIpc) is 2.94. The maximum absolute atomic E-state index is 14.3. The Morgan fingerprint density at radius 1 is 1.08 bits per heavy atom. The summed E-state index contributed by atoms with van der Waals surface area (Å²) in [6.45, 7) is 3.99. The van der Waals surface area contributed by atoms with Crippen LogP contribution >= 0.6 is 11.8 Å². The van der Waals surface area contributed by atoms with Crippen LogP contribution in [0, 0.1) is 5.82 Å². The number of carbonyl (C=O) groups excluding carboxylic acids is 1. The summed E-state index contributed by atoms with van der Waals surface area (Å²) in [7, 11) is 0. The molecule has 1 fully saturated rings. The zero-order valence-corrected chi connectivity index (χ0v) is 21.9. The number of amides is 1. The van der Waals surface area contributed by atoms with E-state index in [-0.39, 0.29) is 11.9 Å². The second kappa shape index (κ2) is 11.6. The number of rotatable bonds is 6. The molecule has 1 unspecified atom stereocenters. The van der Waals surface area contributed by atoms with E-state index in [1.807, 2.05) is 30.5 Å². The van der Waals surface area contributed by atoms with E-state index in [1.54, 1.807) is 42.5 Å². The fourth-order valence-corrected chi connectivity index (χ4v) is 4.83. The molecule has 5 rings (SSSR count). The highest BCUT2D eigenvalue weighted by atomic mass is 32.2. The molecule has 38 heavy (non-hydrogen) atoms. The number of para-hydroxylation sites is 1. The number of ether oxygens (including phenoxy) is 2. The van der Waals surface area contributed by atoms with E-state index < -0.39 is 6.09 Å². The van der Waals surface area contributed by atoms with Gasteiger partial charge in [-0.1, -0.05) is 18.2 Å². The molecule has 9 heteroatoms. The van der Waals surface area contributed by atoms with Gasteiger partial charge >= 0.3 is 6.09 Å². The summed E-state index contributed by atoms with van der Waals surface area (Å²) in [6.07, 6.45) is 1.37. The molecule has 3 aromatic carbocycles. The minimum atomic E-state index is -0.582. The maximum Gasteiger partial charge on any atom is 0.417 e. The molecule has 1 saturated heterocycles. The van der Waals surface area contributed by atoms with Crippen molar-refractivity contribution in [2.45, 2.75) is 17.9 Å². The molecule has 1 atom stereocenters. The largest absolute Gasteiger partial charge is 0.417 e. The first-order chi connectivity index (χ1) is 18.5. The Hall–Kier alpha value is -3.95. The van der Waals surface area contributed by atoms with Crippen molar-refractivity contribution in [2.24, 2.45) is 0 Å². The van der Waals surface area contributed by atoms with Crippen LogP contribution in [0.1, 0.15) is 6.92 Å². The van der Waals surface area contributed by atoms with Gasteiger partial charge in [0.2, 0.25) is 0 Å². The number of hydrogen-bond donors (Lipinski definition) is 1. The number of aromatic nitrogens is 2. The Kier molecular flexibility index (Phi) is 7.86. The molecular weight excluding hydrogens is 503 g/mol. The third kappa shape index (κ3) is 5.95. The van der Waals surface area contributed by atoms with Crippen LogP contribution in [0.2, 0.25) is 0 Å². The molecule has 0 saturated carbocycles. The van der Waals surface area contributed by atoms with Gasteiger partial charge in [0, 0.05) is 34.3 Å². The third-order valence-electron chi connectivity index (χ3n) is 6.16. The molecule has 1 N–H and O–H groups in total. The van der Waals surface area contributed by atoms with E-state index in [0.717, 1.165) is 16.3 Å². The molecular formula is C29H27FN4O3S. The van der Waals surface area contributed by atoms with Crippen molar-refractivity contribution in [3.05, 3.63) is 84.7 Å². The average molecular weight is 531 g/mol.